The highest BCUT2D eigenvalue weighted by molar-refractivity contribution is 6.04. The number of benzene rings is 2. The Balaban J connectivity index is 1.76. The van der Waals surface area contributed by atoms with Gasteiger partial charge in [-0.25, -0.2) is 23.7 Å². The van der Waals surface area contributed by atoms with Gasteiger partial charge >= 0.3 is 0 Å². The molecule has 0 aliphatic rings. The van der Waals surface area contributed by atoms with Crippen molar-refractivity contribution in [1.82, 2.24) is 15.0 Å². The topological polar surface area (TPSA) is 67.8 Å². The summed E-state index contributed by atoms with van der Waals surface area (Å²) in [5.41, 5.74) is 1.99. The van der Waals surface area contributed by atoms with Crippen LogP contribution in [0.4, 0.5) is 14.6 Å². The third-order valence-electron chi connectivity index (χ3n) is 4.23. The number of carbonyl (C=O) groups excluding carboxylic acids is 1. The third kappa shape index (κ3) is 3.55. The van der Waals surface area contributed by atoms with Gasteiger partial charge in [-0.15, -0.1) is 0 Å². The Kier molecular flexibility index (Phi) is 4.72. The number of nitrogens with zero attached hydrogens (tertiary/aromatic N) is 3. The Bertz CT molecular complexity index is 1150. The quantitative estimate of drug-likeness (QED) is 0.551. The van der Waals surface area contributed by atoms with Gasteiger partial charge in [0.2, 0.25) is 0 Å². The lowest BCUT2D eigenvalue weighted by molar-refractivity contribution is 0.102. The average Bonchev–Trinajstić information content (AvgIpc) is 2.73. The zero-order valence-electron chi connectivity index (χ0n) is 14.5. The summed E-state index contributed by atoms with van der Waals surface area (Å²) in [4.78, 5) is 24.8. The summed E-state index contributed by atoms with van der Waals surface area (Å²) >= 11 is 0. The van der Waals surface area contributed by atoms with Crippen LogP contribution in [0, 0.1) is 0 Å². The summed E-state index contributed by atoms with van der Waals surface area (Å²) in [6.07, 6.45) is 0.291. The number of hydrogen-bond donors (Lipinski definition) is 1. The molecule has 4 aromatic rings. The van der Waals surface area contributed by atoms with Crippen LogP contribution < -0.4 is 5.32 Å². The monoisotopic (exact) mass is 376 g/mol. The highest BCUT2D eigenvalue weighted by Crippen LogP contribution is 2.30. The van der Waals surface area contributed by atoms with E-state index in [2.05, 4.69) is 20.3 Å². The van der Waals surface area contributed by atoms with Crippen LogP contribution in [0.15, 0.2) is 73.2 Å². The predicted octanol–water partition coefficient (Wildman–Crippen LogP) is 4.88. The maximum atomic E-state index is 13.1. The number of pyridine rings is 1. The minimum absolute atomic E-state index is 0.0628. The molecule has 0 atom stereocenters. The Hall–Kier alpha value is -3.74. The van der Waals surface area contributed by atoms with Crippen LogP contribution in [0.25, 0.3) is 22.0 Å². The van der Waals surface area contributed by atoms with Crippen molar-refractivity contribution >= 4 is 22.6 Å². The van der Waals surface area contributed by atoms with E-state index in [0.29, 0.717) is 22.5 Å². The summed E-state index contributed by atoms with van der Waals surface area (Å²) in [7, 11) is 0. The van der Waals surface area contributed by atoms with Gasteiger partial charge in [-0.2, -0.15) is 0 Å². The average molecular weight is 376 g/mol. The first kappa shape index (κ1) is 17.7. The van der Waals surface area contributed by atoms with E-state index in [9.17, 15) is 13.6 Å². The number of fused-ring (bicyclic) bond motifs is 1. The lowest BCUT2D eigenvalue weighted by Crippen LogP contribution is -2.14. The van der Waals surface area contributed by atoms with Gasteiger partial charge in [0.25, 0.3) is 12.3 Å². The molecule has 7 heteroatoms. The van der Waals surface area contributed by atoms with E-state index in [-0.39, 0.29) is 11.3 Å². The van der Waals surface area contributed by atoms with Gasteiger partial charge < -0.3 is 5.32 Å². The molecule has 0 saturated heterocycles. The molecule has 0 aliphatic heterocycles. The molecule has 0 spiro atoms. The summed E-state index contributed by atoms with van der Waals surface area (Å²) in [5.74, 6) is -0.0587. The number of hydrogen-bond acceptors (Lipinski definition) is 4. The Labute approximate surface area is 159 Å². The van der Waals surface area contributed by atoms with Crippen LogP contribution in [0.2, 0.25) is 0 Å². The Morgan fingerprint density at radius 2 is 1.86 bits per heavy atom. The minimum atomic E-state index is -2.56. The molecule has 2 heterocycles. The van der Waals surface area contributed by atoms with Gasteiger partial charge in [-0.1, -0.05) is 42.5 Å². The molecule has 1 N–H and O–H groups in total. The molecule has 0 saturated carbocycles. The molecule has 0 radical (unpaired) electrons. The van der Waals surface area contributed by atoms with Gasteiger partial charge in [-0.05, 0) is 23.8 Å². The van der Waals surface area contributed by atoms with Crippen molar-refractivity contribution in [1.29, 1.82) is 0 Å². The van der Waals surface area contributed by atoms with Gasteiger partial charge in [0, 0.05) is 22.7 Å². The molecule has 2 aromatic carbocycles. The third-order valence-corrected chi connectivity index (χ3v) is 4.23. The second-order valence-electron chi connectivity index (χ2n) is 6.05. The fourth-order valence-corrected chi connectivity index (χ4v) is 2.89. The van der Waals surface area contributed by atoms with Gasteiger partial charge in [-0.3, -0.25) is 4.79 Å². The number of aromatic nitrogens is 3. The molecule has 1 amide bonds. The van der Waals surface area contributed by atoms with Crippen LogP contribution in [0.3, 0.4) is 0 Å². The van der Waals surface area contributed by atoms with Crippen molar-refractivity contribution < 1.29 is 13.6 Å². The van der Waals surface area contributed by atoms with Crippen molar-refractivity contribution in [2.75, 3.05) is 5.32 Å². The number of carbonyl (C=O) groups is 1. The molecule has 4 rings (SSSR count). The maximum Gasteiger partial charge on any atom is 0.275 e. The molecule has 138 valence electrons. The minimum Gasteiger partial charge on any atom is -0.305 e. The molecule has 28 heavy (non-hydrogen) atoms. The number of rotatable bonds is 4. The molecule has 0 aliphatic carbocycles. The lowest BCUT2D eigenvalue weighted by atomic mass is 10.00. The van der Waals surface area contributed by atoms with E-state index in [1.165, 1.54) is 24.7 Å². The molecule has 0 fully saturated rings. The van der Waals surface area contributed by atoms with Crippen molar-refractivity contribution in [3.8, 4) is 11.1 Å². The largest absolute Gasteiger partial charge is 0.305 e. The number of nitrogens with one attached hydrogen (secondary N) is 1. The first-order valence-electron chi connectivity index (χ1n) is 8.47. The molecule has 0 bridgehead atoms. The summed E-state index contributed by atoms with van der Waals surface area (Å²) in [5, 5.41) is 3.46. The van der Waals surface area contributed by atoms with Crippen LogP contribution >= 0.6 is 0 Å². The van der Waals surface area contributed by atoms with E-state index in [1.807, 2.05) is 12.1 Å². The zero-order valence-corrected chi connectivity index (χ0v) is 14.5. The molecule has 2 aromatic heterocycles. The van der Waals surface area contributed by atoms with Crippen LogP contribution in [0.1, 0.15) is 22.5 Å². The number of anilines is 1. The maximum absolute atomic E-state index is 13.1. The van der Waals surface area contributed by atoms with E-state index in [0.717, 1.165) is 5.39 Å². The first-order valence-corrected chi connectivity index (χ1v) is 8.47. The smallest absolute Gasteiger partial charge is 0.275 e. The molecular weight excluding hydrogens is 362 g/mol. The van der Waals surface area contributed by atoms with Crippen molar-refractivity contribution in [2.45, 2.75) is 6.43 Å². The van der Waals surface area contributed by atoms with E-state index in [1.54, 1.807) is 36.4 Å². The highest BCUT2D eigenvalue weighted by atomic mass is 19.3. The van der Waals surface area contributed by atoms with Crippen molar-refractivity contribution in [3.63, 3.8) is 0 Å². The van der Waals surface area contributed by atoms with Gasteiger partial charge in [0.05, 0.1) is 5.52 Å². The molecule has 0 unspecified atom stereocenters. The van der Waals surface area contributed by atoms with Crippen LogP contribution in [0.5, 0.6) is 0 Å². The van der Waals surface area contributed by atoms with Crippen molar-refractivity contribution in [2.24, 2.45) is 0 Å². The zero-order chi connectivity index (χ0) is 19.5. The summed E-state index contributed by atoms with van der Waals surface area (Å²) in [6.45, 7) is 0. The normalized spacial score (nSPS) is 11.0. The second kappa shape index (κ2) is 7.48. The SMILES string of the molecule is O=C(Nc1ccncn1)c1ccc2cccc(-c3cccc(C(F)F)c3)c2n1. The predicted molar refractivity (Wildman–Crippen MR) is 102 cm³/mol. The fourth-order valence-electron chi connectivity index (χ4n) is 2.89. The standard InChI is InChI=1S/C21H14F2N4O/c22-20(23)15-5-1-4-14(11-15)16-6-2-3-13-7-8-17(26-19(13)16)21(28)27-18-9-10-24-12-25-18/h1-12,20H,(H,24,25,27,28). The summed E-state index contributed by atoms with van der Waals surface area (Å²) < 4.78 is 26.1. The highest BCUT2D eigenvalue weighted by Gasteiger charge is 2.13. The number of amides is 1. The first-order chi connectivity index (χ1) is 13.6. The number of alkyl halides is 2. The molecular formula is C21H14F2N4O. The van der Waals surface area contributed by atoms with Gasteiger partial charge in [0.15, 0.2) is 0 Å². The number of para-hydroxylation sites is 1. The van der Waals surface area contributed by atoms with Crippen molar-refractivity contribution in [3.05, 3.63) is 84.4 Å². The number of halogens is 2. The van der Waals surface area contributed by atoms with Gasteiger partial charge in [0.1, 0.15) is 17.8 Å². The molecule has 5 nitrogen and oxygen atoms in total. The van der Waals surface area contributed by atoms with E-state index in [4.69, 9.17) is 0 Å². The lowest BCUT2D eigenvalue weighted by Gasteiger charge is -2.10. The Morgan fingerprint density at radius 1 is 1.00 bits per heavy atom. The van der Waals surface area contributed by atoms with E-state index < -0.39 is 12.3 Å². The van der Waals surface area contributed by atoms with Crippen LogP contribution in [-0.4, -0.2) is 20.9 Å². The summed E-state index contributed by atoms with van der Waals surface area (Å²) in [6, 6.07) is 16.6. The second-order valence-corrected chi connectivity index (χ2v) is 6.05. The van der Waals surface area contributed by atoms with Crippen LogP contribution in [-0.2, 0) is 0 Å². The fraction of sp³-hybridized carbons (Fsp3) is 0.0476. The Morgan fingerprint density at radius 3 is 2.64 bits per heavy atom. The van der Waals surface area contributed by atoms with E-state index >= 15 is 0 Å².